The third-order valence-electron chi connectivity index (χ3n) is 1.07. The Labute approximate surface area is 94.8 Å². The van der Waals surface area contributed by atoms with E-state index in [4.69, 9.17) is 33.0 Å². The van der Waals surface area contributed by atoms with Crippen molar-refractivity contribution in [3.8, 4) is 0 Å². The molecule has 0 spiro atoms. The maximum atomic E-state index is 9.80. The lowest BCUT2D eigenvalue weighted by molar-refractivity contribution is 0.207. The molecule has 0 aromatic heterocycles. The molecule has 14 heavy (non-hydrogen) atoms. The molecule has 0 aromatic rings. The van der Waals surface area contributed by atoms with Crippen LogP contribution in [0.5, 0.6) is 0 Å². The van der Waals surface area contributed by atoms with Crippen molar-refractivity contribution in [2.24, 2.45) is 0 Å². The van der Waals surface area contributed by atoms with Crippen molar-refractivity contribution < 1.29 is 18.9 Å². The van der Waals surface area contributed by atoms with Crippen LogP contribution in [0.2, 0.25) is 0 Å². The van der Waals surface area contributed by atoms with Gasteiger partial charge in [-0.25, -0.2) is 4.57 Å². The van der Waals surface area contributed by atoms with E-state index in [1.54, 1.807) is 0 Å². The van der Waals surface area contributed by atoms with Crippen LogP contribution in [0.3, 0.4) is 0 Å². The molecule has 0 amide bonds. The minimum absolute atomic E-state index is 0.0884. The first-order valence-electron chi connectivity index (χ1n) is 4.30. The molecule has 0 aliphatic carbocycles. The van der Waals surface area contributed by atoms with E-state index in [1.807, 2.05) is 0 Å². The summed E-state index contributed by atoms with van der Waals surface area (Å²) in [7, 11) is -4.27. The van der Waals surface area contributed by atoms with Crippen LogP contribution >= 0.6 is 31.0 Å². The second-order valence-corrected chi connectivity index (χ2v) is 4.40. The van der Waals surface area contributed by atoms with Gasteiger partial charge in [0.1, 0.15) is 0 Å². The Balaban J connectivity index is 0. The Morgan fingerprint density at radius 1 is 1.21 bits per heavy atom. The number of halogens is 2. The SMILES string of the molecule is CCCCCCl.O=P(O)(O)OCCCl. The van der Waals surface area contributed by atoms with E-state index in [0.29, 0.717) is 0 Å². The summed E-state index contributed by atoms with van der Waals surface area (Å²) in [5.41, 5.74) is 0. The summed E-state index contributed by atoms with van der Waals surface area (Å²) < 4.78 is 13.7. The van der Waals surface area contributed by atoms with Gasteiger partial charge in [-0.05, 0) is 6.42 Å². The van der Waals surface area contributed by atoms with Crippen LogP contribution in [-0.2, 0) is 9.09 Å². The first-order valence-corrected chi connectivity index (χ1v) is 6.89. The second kappa shape index (κ2) is 11.8. The van der Waals surface area contributed by atoms with Gasteiger partial charge in [-0.15, -0.1) is 23.2 Å². The van der Waals surface area contributed by atoms with Gasteiger partial charge in [0.05, 0.1) is 6.61 Å². The number of rotatable bonds is 6. The minimum atomic E-state index is -4.27. The Kier molecular flexibility index (Phi) is 14.4. The van der Waals surface area contributed by atoms with Crippen LogP contribution in [0.15, 0.2) is 0 Å². The Hall–Kier alpha value is 0.690. The van der Waals surface area contributed by atoms with Crippen LogP contribution < -0.4 is 0 Å². The third kappa shape index (κ3) is 23.0. The molecule has 0 heterocycles. The van der Waals surface area contributed by atoms with Gasteiger partial charge in [0.25, 0.3) is 0 Å². The fourth-order valence-electron chi connectivity index (χ4n) is 0.498. The number of alkyl halides is 2. The van der Waals surface area contributed by atoms with E-state index in [0.717, 1.165) is 5.88 Å². The average Bonchev–Trinajstić information content (AvgIpc) is 2.11. The number of unbranched alkanes of at least 4 members (excludes halogenated alkanes) is 2. The second-order valence-electron chi connectivity index (χ2n) is 2.41. The van der Waals surface area contributed by atoms with Gasteiger partial charge >= 0.3 is 7.82 Å². The molecule has 0 bridgehead atoms. The number of hydrogen-bond acceptors (Lipinski definition) is 2. The normalized spacial score (nSPS) is 10.6. The Morgan fingerprint density at radius 2 is 1.79 bits per heavy atom. The maximum absolute atomic E-state index is 9.80. The lowest BCUT2D eigenvalue weighted by Gasteiger charge is -1.99. The lowest BCUT2D eigenvalue weighted by atomic mass is 10.3. The van der Waals surface area contributed by atoms with Crippen molar-refractivity contribution in [2.45, 2.75) is 26.2 Å². The maximum Gasteiger partial charge on any atom is 0.469 e. The largest absolute Gasteiger partial charge is 0.469 e. The highest BCUT2D eigenvalue weighted by atomic mass is 35.5. The van der Waals surface area contributed by atoms with Gasteiger partial charge in [-0.3, -0.25) is 4.52 Å². The van der Waals surface area contributed by atoms with Crippen molar-refractivity contribution in [3.63, 3.8) is 0 Å². The van der Waals surface area contributed by atoms with E-state index in [1.165, 1.54) is 19.3 Å². The molecular weight excluding hydrogens is 250 g/mol. The van der Waals surface area contributed by atoms with Gasteiger partial charge in [0.15, 0.2) is 0 Å². The van der Waals surface area contributed by atoms with Gasteiger partial charge in [-0.2, -0.15) is 0 Å². The van der Waals surface area contributed by atoms with Crippen molar-refractivity contribution >= 4 is 31.0 Å². The summed E-state index contributed by atoms with van der Waals surface area (Å²) in [6.07, 6.45) is 3.73. The molecule has 0 rings (SSSR count). The minimum Gasteiger partial charge on any atom is -0.303 e. The molecule has 0 unspecified atom stereocenters. The standard InChI is InChI=1S/C5H11Cl.C2H6ClO4P/c1-2-3-4-5-6;3-1-2-7-8(4,5)6/h2-5H2,1H3;1-2H2,(H2,4,5,6). The molecule has 0 fully saturated rings. The monoisotopic (exact) mass is 266 g/mol. The topological polar surface area (TPSA) is 66.8 Å². The predicted octanol–water partition coefficient (Wildman–Crippen LogP) is 2.75. The fourth-order valence-corrected chi connectivity index (χ4v) is 1.20. The average molecular weight is 267 g/mol. The molecule has 7 heteroatoms. The van der Waals surface area contributed by atoms with Crippen LogP contribution in [0.4, 0.5) is 0 Å². The number of hydrogen-bond donors (Lipinski definition) is 2. The zero-order chi connectivity index (χ0) is 11.4. The smallest absolute Gasteiger partial charge is 0.303 e. The predicted molar refractivity (Wildman–Crippen MR) is 59.0 cm³/mol. The van der Waals surface area contributed by atoms with Gasteiger partial charge < -0.3 is 9.79 Å². The third-order valence-corrected chi connectivity index (χ3v) is 2.01. The molecule has 0 atom stereocenters. The highest BCUT2D eigenvalue weighted by Gasteiger charge is 2.11. The van der Waals surface area contributed by atoms with E-state index in [9.17, 15) is 4.57 Å². The van der Waals surface area contributed by atoms with Gasteiger partial charge in [0.2, 0.25) is 0 Å². The zero-order valence-corrected chi connectivity index (χ0v) is 10.6. The molecule has 0 saturated heterocycles. The summed E-state index contributed by atoms with van der Waals surface area (Å²) >= 11 is 10.4. The molecule has 88 valence electrons. The Bertz CT molecular complexity index is 147. The van der Waals surface area contributed by atoms with E-state index in [2.05, 4.69) is 11.4 Å². The molecular formula is C7H17Cl2O4P. The fraction of sp³-hybridized carbons (Fsp3) is 1.00. The molecule has 4 nitrogen and oxygen atoms in total. The van der Waals surface area contributed by atoms with Crippen LogP contribution in [0.1, 0.15) is 26.2 Å². The van der Waals surface area contributed by atoms with Crippen LogP contribution in [-0.4, -0.2) is 28.2 Å². The van der Waals surface area contributed by atoms with Gasteiger partial charge in [-0.1, -0.05) is 19.8 Å². The van der Waals surface area contributed by atoms with E-state index >= 15 is 0 Å². The first-order chi connectivity index (χ1) is 6.47. The summed E-state index contributed by atoms with van der Waals surface area (Å²) in [6, 6.07) is 0. The van der Waals surface area contributed by atoms with Crippen LogP contribution in [0.25, 0.3) is 0 Å². The molecule has 0 radical (unpaired) electrons. The van der Waals surface area contributed by atoms with Crippen LogP contribution in [0, 0.1) is 0 Å². The summed E-state index contributed by atoms with van der Waals surface area (Å²) in [5.74, 6) is 0.916. The molecule has 0 aliphatic rings. The first kappa shape index (κ1) is 17.1. The summed E-state index contributed by atoms with van der Waals surface area (Å²) in [4.78, 5) is 16.0. The lowest BCUT2D eigenvalue weighted by Crippen LogP contribution is -1.91. The number of phosphoric ester groups is 1. The quantitative estimate of drug-likeness (QED) is 0.441. The van der Waals surface area contributed by atoms with Gasteiger partial charge in [0, 0.05) is 11.8 Å². The highest BCUT2D eigenvalue weighted by molar-refractivity contribution is 7.46. The van der Waals surface area contributed by atoms with Crippen molar-refractivity contribution in [2.75, 3.05) is 18.4 Å². The molecule has 0 saturated carbocycles. The van der Waals surface area contributed by atoms with Crippen molar-refractivity contribution in [1.82, 2.24) is 0 Å². The summed E-state index contributed by atoms with van der Waals surface area (Å²) in [6.45, 7) is 2.05. The highest BCUT2D eigenvalue weighted by Crippen LogP contribution is 2.35. The van der Waals surface area contributed by atoms with E-state index in [-0.39, 0.29) is 12.5 Å². The number of phosphoric acid groups is 1. The zero-order valence-electron chi connectivity index (χ0n) is 8.16. The van der Waals surface area contributed by atoms with Crippen molar-refractivity contribution in [3.05, 3.63) is 0 Å². The van der Waals surface area contributed by atoms with E-state index < -0.39 is 7.82 Å². The Morgan fingerprint density at radius 3 is 1.93 bits per heavy atom. The molecule has 0 aliphatic heterocycles. The summed E-state index contributed by atoms with van der Waals surface area (Å²) in [5, 5.41) is 0. The van der Waals surface area contributed by atoms with Crippen molar-refractivity contribution in [1.29, 1.82) is 0 Å². The molecule has 0 aromatic carbocycles. The molecule has 2 N–H and O–H groups in total.